The van der Waals surface area contributed by atoms with Crippen LogP contribution in [0, 0.1) is 6.92 Å². The second-order valence-corrected chi connectivity index (χ2v) is 7.69. The second-order valence-electron chi connectivity index (χ2n) is 5.10. The molecule has 0 spiro atoms. The summed E-state index contributed by atoms with van der Waals surface area (Å²) in [4.78, 5) is 0.0325. The molecule has 2 rings (SSSR count). The molecule has 1 aliphatic carbocycles. The van der Waals surface area contributed by atoms with Gasteiger partial charge in [0, 0.05) is 17.1 Å². The smallest absolute Gasteiger partial charge is 0.251 e. The Kier molecular flexibility index (Phi) is 5.34. The van der Waals surface area contributed by atoms with Gasteiger partial charge in [0.05, 0.1) is 11.4 Å². The fourth-order valence-corrected chi connectivity index (χ4v) is 3.85. The van der Waals surface area contributed by atoms with Crippen LogP contribution in [0.3, 0.4) is 0 Å². The number of alkyl halides is 2. The van der Waals surface area contributed by atoms with Gasteiger partial charge in [-0.2, -0.15) is 0 Å². The first-order valence-corrected chi connectivity index (χ1v) is 8.87. The second kappa shape index (κ2) is 6.68. The van der Waals surface area contributed by atoms with Gasteiger partial charge in [-0.3, -0.25) is 0 Å². The van der Waals surface area contributed by atoms with E-state index in [1.807, 2.05) is 10.8 Å². The summed E-state index contributed by atoms with van der Waals surface area (Å²) in [5, 5.41) is 3.29. The summed E-state index contributed by atoms with van der Waals surface area (Å²) < 4.78 is 51.3. The van der Waals surface area contributed by atoms with Gasteiger partial charge in [0.15, 0.2) is 0 Å². The van der Waals surface area contributed by atoms with E-state index in [1.165, 1.54) is 6.07 Å². The van der Waals surface area contributed by atoms with Gasteiger partial charge in [-0.05, 0) is 43.0 Å². The average Bonchev–Trinajstić information content (AvgIpc) is 3.21. The van der Waals surface area contributed by atoms with Crippen LogP contribution in [0.1, 0.15) is 24.0 Å². The number of hydrogen-bond donors (Lipinski definition) is 2. The van der Waals surface area contributed by atoms with Crippen LogP contribution in [0.4, 0.5) is 8.78 Å². The monoisotopic (exact) mass is 382 g/mol. The first-order chi connectivity index (χ1) is 9.79. The zero-order chi connectivity index (χ0) is 15.6. The van der Waals surface area contributed by atoms with Gasteiger partial charge in [0.2, 0.25) is 10.0 Å². The zero-order valence-corrected chi connectivity index (χ0v) is 13.9. The van der Waals surface area contributed by atoms with Crippen molar-refractivity contribution < 1.29 is 17.2 Å². The first-order valence-electron chi connectivity index (χ1n) is 6.60. The van der Waals surface area contributed by atoms with Gasteiger partial charge in [0.25, 0.3) is 6.43 Å². The molecule has 0 aromatic heterocycles. The standard InChI is InChI=1S/C13H17BrF2N2O2S/c1-8-11(14)4-9(6-17-10-2-3-10)5-12(8)21(19,20)18-7-13(15)16/h4-5,10,13,17-18H,2-3,6-7H2,1H3. The summed E-state index contributed by atoms with van der Waals surface area (Å²) >= 11 is 3.32. The van der Waals surface area contributed by atoms with Crippen molar-refractivity contribution in [1.82, 2.24) is 10.0 Å². The molecule has 0 saturated heterocycles. The van der Waals surface area contributed by atoms with Gasteiger partial charge in [-0.1, -0.05) is 15.9 Å². The van der Waals surface area contributed by atoms with E-state index < -0.39 is 23.0 Å². The van der Waals surface area contributed by atoms with Crippen molar-refractivity contribution in [3.05, 3.63) is 27.7 Å². The van der Waals surface area contributed by atoms with Crippen LogP contribution < -0.4 is 10.0 Å². The highest BCUT2D eigenvalue weighted by molar-refractivity contribution is 9.10. The summed E-state index contributed by atoms with van der Waals surface area (Å²) in [7, 11) is -3.94. The molecule has 0 amide bonds. The van der Waals surface area contributed by atoms with Crippen molar-refractivity contribution in [1.29, 1.82) is 0 Å². The van der Waals surface area contributed by atoms with Crippen molar-refractivity contribution in [3.8, 4) is 0 Å². The molecule has 1 aliphatic rings. The molecule has 1 aromatic carbocycles. The number of rotatable bonds is 7. The minimum absolute atomic E-state index is 0.0325. The van der Waals surface area contributed by atoms with Crippen molar-refractivity contribution in [2.45, 2.75) is 43.7 Å². The van der Waals surface area contributed by atoms with Crippen molar-refractivity contribution in [2.24, 2.45) is 0 Å². The lowest BCUT2D eigenvalue weighted by atomic mass is 10.1. The maximum absolute atomic E-state index is 12.2. The van der Waals surface area contributed by atoms with Crippen molar-refractivity contribution >= 4 is 26.0 Å². The summed E-state index contributed by atoms with van der Waals surface area (Å²) in [6, 6.07) is 3.88. The number of hydrogen-bond acceptors (Lipinski definition) is 3. The minimum Gasteiger partial charge on any atom is -0.310 e. The molecule has 0 heterocycles. The molecular weight excluding hydrogens is 366 g/mol. The fourth-order valence-electron chi connectivity index (χ4n) is 1.89. The quantitative estimate of drug-likeness (QED) is 0.761. The molecule has 0 bridgehead atoms. The molecule has 0 atom stereocenters. The Hall–Kier alpha value is -0.570. The molecule has 1 aromatic rings. The third-order valence-electron chi connectivity index (χ3n) is 3.25. The van der Waals surface area contributed by atoms with E-state index in [2.05, 4.69) is 21.2 Å². The van der Waals surface area contributed by atoms with Gasteiger partial charge in [0.1, 0.15) is 0 Å². The fraction of sp³-hybridized carbons (Fsp3) is 0.538. The van der Waals surface area contributed by atoms with Gasteiger partial charge >= 0.3 is 0 Å². The lowest BCUT2D eigenvalue weighted by Crippen LogP contribution is -2.29. The van der Waals surface area contributed by atoms with Crippen LogP contribution in [0.15, 0.2) is 21.5 Å². The van der Waals surface area contributed by atoms with Crippen LogP contribution in [0.25, 0.3) is 0 Å². The van der Waals surface area contributed by atoms with Crippen LogP contribution >= 0.6 is 15.9 Å². The van der Waals surface area contributed by atoms with E-state index in [0.717, 1.165) is 18.4 Å². The molecule has 21 heavy (non-hydrogen) atoms. The number of sulfonamides is 1. The highest BCUT2D eigenvalue weighted by Gasteiger charge is 2.23. The van der Waals surface area contributed by atoms with E-state index in [9.17, 15) is 17.2 Å². The molecule has 0 unspecified atom stereocenters. The van der Waals surface area contributed by atoms with Crippen LogP contribution in [0.5, 0.6) is 0 Å². The first kappa shape index (κ1) is 16.8. The molecule has 1 saturated carbocycles. The lowest BCUT2D eigenvalue weighted by molar-refractivity contribution is 0.153. The molecule has 118 valence electrons. The lowest BCUT2D eigenvalue weighted by Gasteiger charge is -2.13. The molecule has 0 aliphatic heterocycles. The van der Waals surface area contributed by atoms with E-state index in [-0.39, 0.29) is 4.90 Å². The van der Waals surface area contributed by atoms with E-state index in [4.69, 9.17) is 0 Å². The normalized spacial score (nSPS) is 15.7. The predicted octanol–water partition coefficient (Wildman–Crippen LogP) is 2.55. The average molecular weight is 383 g/mol. The van der Waals surface area contributed by atoms with Gasteiger partial charge in [-0.15, -0.1) is 0 Å². The Labute approximate surface area is 131 Å². The van der Waals surface area contributed by atoms with Crippen molar-refractivity contribution in [3.63, 3.8) is 0 Å². The summed E-state index contributed by atoms with van der Waals surface area (Å²) in [6.07, 6.45) is -0.453. The Balaban J connectivity index is 2.23. The van der Waals surface area contributed by atoms with Gasteiger partial charge in [-0.25, -0.2) is 21.9 Å². The highest BCUT2D eigenvalue weighted by atomic mass is 79.9. The maximum Gasteiger partial charge on any atom is 0.251 e. The van der Waals surface area contributed by atoms with Crippen LogP contribution in [0.2, 0.25) is 0 Å². The molecule has 8 heteroatoms. The zero-order valence-electron chi connectivity index (χ0n) is 11.5. The summed E-state index contributed by atoms with van der Waals surface area (Å²) in [5.41, 5.74) is 1.31. The Bertz CT molecular complexity index is 619. The highest BCUT2D eigenvalue weighted by Crippen LogP contribution is 2.27. The van der Waals surface area contributed by atoms with E-state index >= 15 is 0 Å². The SMILES string of the molecule is Cc1c(Br)cc(CNC2CC2)cc1S(=O)(=O)NCC(F)F. The third-order valence-corrected chi connectivity index (χ3v) is 5.62. The topological polar surface area (TPSA) is 58.2 Å². The molecule has 0 radical (unpaired) electrons. The Morgan fingerprint density at radius 1 is 1.38 bits per heavy atom. The minimum atomic E-state index is -3.94. The van der Waals surface area contributed by atoms with E-state index in [0.29, 0.717) is 22.6 Å². The molecule has 2 N–H and O–H groups in total. The summed E-state index contributed by atoms with van der Waals surface area (Å²) in [5.74, 6) is 0. The Morgan fingerprint density at radius 2 is 2.05 bits per heavy atom. The third kappa shape index (κ3) is 4.70. The summed E-state index contributed by atoms with van der Waals surface area (Å²) in [6.45, 7) is 1.31. The van der Waals surface area contributed by atoms with Crippen LogP contribution in [-0.4, -0.2) is 27.4 Å². The maximum atomic E-state index is 12.2. The predicted molar refractivity (Wildman–Crippen MR) is 79.9 cm³/mol. The molecule has 4 nitrogen and oxygen atoms in total. The molecule has 1 fully saturated rings. The van der Waals surface area contributed by atoms with E-state index in [1.54, 1.807) is 6.92 Å². The Morgan fingerprint density at radius 3 is 2.62 bits per heavy atom. The number of benzene rings is 1. The largest absolute Gasteiger partial charge is 0.310 e. The molecular formula is C13H17BrF2N2O2S. The van der Waals surface area contributed by atoms with Gasteiger partial charge < -0.3 is 5.32 Å². The number of halogens is 3. The number of nitrogens with one attached hydrogen (secondary N) is 2. The van der Waals surface area contributed by atoms with Crippen molar-refractivity contribution in [2.75, 3.05) is 6.54 Å². The van der Waals surface area contributed by atoms with Crippen LogP contribution in [-0.2, 0) is 16.6 Å².